The van der Waals surface area contributed by atoms with Gasteiger partial charge in [0.25, 0.3) is 0 Å². The van der Waals surface area contributed by atoms with Crippen LogP contribution in [0.3, 0.4) is 0 Å². The largest absolute Gasteiger partial charge is 0.468 e. The number of carbonyl (C=O) groups excluding carboxylic acids is 1. The average molecular weight is 207 g/mol. The molecule has 3 nitrogen and oxygen atoms in total. The third-order valence-corrected chi connectivity index (χ3v) is 2.39. The smallest absolute Gasteiger partial charge is 0.323 e. The van der Waals surface area contributed by atoms with Gasteiger partial charge in [-0.3, -0.25) is 4.79 Å². The quantitative estimate of drug-likeness (QED) is 0.756. The number of benzene rings is 1. The molecule has 0 spiro atoms. The zero-order valence-electron chi connectivity index (χ0n) is 9.41. The van der Waals surface area contributed by atoms with E-state index in [0.717, 1.165) is 5.56 Å². The van der Waals surface area contributed by atoms with Crippen molar-refractivity contribution in [2.75, 3.05) is 14.2 Å². The predicted octanol–water partition coefficient (Wildman–Crippen LogP) is 1.30. The van der Waals surface area contributed by atoms with Crippen LogP contribution >= 0.6 is 0 Å². The van der Waals surface area contributed by atoms with Gasteiger partial charge in [0.15, 0.2) is 0 Å². The number of carbonyl (C=O) groups is 1. The molecule has 0 amide bonds. The highest BCUT2D eigenvalue weighted by Crippen LogP contribution is 2.06. The number of rotatable bonds is 4. The summed E-state index contributed by atoms with van der Waals surface area (Å²) in [6.45, 7) is 2.04. The summed E-state index contributed by atoms with van der Waals surface area (Å²) in [6, 6.07) is 7.88. The number of ether oxygens (including phenoxy) is 1. The standard InChI is InChI=1S/C12H17NO2/c1-9-4-6-10(7-5-9)8-11(13-2)12(14)15-3/h4-7,11,13H,8H2,1-3H3. The molecule has 0 bridgehead atoms. The molecule has 15 heavy (non-hydrogen) atoms. The molecular formula is C12H17NO2. The molecule has 0 heterocycles. The van der Waals surface area contributed by atoms with Gasteiger partial charge in [-0.2, -0.15) is 0 Å². The van der Waals surface area contributed by atoms with Crippen LogP contribution in [-0.2, 0) is 16.0 Å². The van der Waals surface area contributed by atoms with Gasteiger partial charge in [-0.15, -0.1) is 0 Å². The molecule has 0 aromatic heterocycles. The van der Waals surface area contributed by atoms with Crippen LogP contribution in [0.25, 0.3) is 0 Å². The third kappa shape index (κ3) is 3.36. The highest BCUT2D eigenvalue weighted by atomic mass is 16.5. The minimum atomic E-state index is -0.266. The molecule has 0 saturated heterocycles. The normalized spacial score (nSPS) is 12.2. The molecular weight excluding hydrogens is 190 g/mol. The Balaban J connectivity index is 2.66. The van der Waals surface area contributed by atoms with Crippen molar-refractivity contribution in [3.05, 3.63) is 35.4 Å². The first-order valence-electron chi connectivity index (χ1n) is 4.98. The van der Waals surface area contributed by atoms with Crippen molar-refractivity contribution in [2.24, 2.45) is 0 Å². The van der Waals surface area contributed by atoms with Crippen LogP contribution in [0.1, 0.15) is 11.1 Å². The van der Waals surface area contributed by atoms with E-state index in [-0.39, 0.29) is 12.0 Å². The number of methoxy groups -OCH3 is 1. The SMILES string of the molecule is CNC(Cc1ccc(C)cc1)C(=O)OC. The summed E-state index contributed by atoms with van der Waals surface area (Å²) in [5.41, 5.74) is 2.35. The molecule has 0 saturated carbocycles. The highest BCUT2D eigenvalue weighted by molar-refractivity contribution is 5.76. The number of hydrogen-bond acceptors (Lipinski definition) is 3. The van der Waals surface area contributed by atoms with E-state index in [2.05, 4.69) is 5.32 Å². The summed E-state index contributed by atoms with van der Waals surface area (Å²) < 4.78 is 4.70. The maximum absolute atomic E-state index is 11.3. The van der Waals surface area contributed by atoms with Crippen LogP contribution in [0.2, 0.25) is 0 Å². The molecule has 0 aliphatic carbocycles. The van der Waals surface area contributed by atoms with Gasteiger partial charge in [-0.25, -0.2) is 0 Å². The van der Waals surface area contributed by atoms with Gasteiger partial charge in [0, 0.05) is 0 Å². The van der Waals surface area contributed by atoms with Gasteiger partial charge < -0.3 is 10.1 Å². The van der Waals surface area contributed by atoms with E-state index in [1.54, 1.807) is 7.05 Å². The van der Waals surface area contributed by atoms with E-state index >= 15 is 0 Å². The summed E-state index contributed by atoms with van der Waals surface area (Å²) in [5, 5.41) is 2.94. The Bertz CT molecular complexity index is 319. The zero-order chi connectivity index (χ0) is 11.3. The van der Waals surface area contributed by atoms with E-state index < -0.39 is 0 Å². The minimum Gasteiger partial charge on any atom is -0.468 e. The molecule has 1 unspecified atom stereocenters. The number of hydrogen-bond donors (Lipinski definition) is 1. The van der Waals surface area contributed by atoms with Crippen LogP contribution in [-0.4, -0.2) is 26.2 Å². The predicted molar refractivity (Wildman–Crippen MR) is 59.7 cm³/mol. The monoisotopic (exact) mass is 207 g/mol. The molecule has 1 atom stereocenters. The molecule has 1 aromatic rings. The zero-order valence-corrected chi connectivity index (χ0v) is 9.41. The number of aryl methyl sites for hydroxylation is 1. The lowest BCUT2D eigenvalue weighted by atomic mass is 10.0. The second-order valence-electron chi connectivity index (χ2n) is 3.55. The fourth-order valence-corrected chi connectivity index (χ4v) is 1.41. The van der Waals surface area contributed by atoms with Gasteiger partial charge in [0.1, 0.15) is 6.04 Å². The maximum atomic E-state index is 11.3. The average Bonchev–Trinajstić information content (AvgIpc) is 2.27. The number of esters is 1. The van der Waals surface area contributed by atoms with E-state index in [1.807, 2.05) is 31.2 Å². The van der Waals surface area contributed by atoms with Crippen molar-refractivity contribution in [1.82, 2.24) is 5.32 Å². The van der Waals surface area contributed by atoms with Crippen molar-refractivity contribution in [2.45, 2.75) is 19.4 Å². The van der Waals surface area contributed by atoms with E-state index in [9.17, 15) is 4.79 Å². The molecule has 1 rings (SSSR count). The Morgan fingerprint density at radius 3 is 2.47 bits per heavy atom. The third-order valence-electron chi connectivity index (χ3n) is 2.39. The van der Waals surface area contributed by atoms with E-state index in [0.29, 0.717) is 6.42 Å². The lowest BCUT2D eigenvalue weighted by Gasteiger charge is -2.13. The topological polar surface area (TPSA) is 38.3 Å². The fraction of sp³-hybridized carbons (Fsp3) is 0.417. The molecule has 0 aliphatic rings. The first kappa shape index (κ1) is 11.7. The Labute approximate surface area is 90.4 Å². The molecule has 3 heteroatoms. The Morgan fingerprint density at radius 2 is 2.00 bits per heavy atom. The highest BCUT2D eigenvalue weighted by Gasteiger charge is 2.16. The van der Waals surface area contributed by atoms with Crippen LogP contribution < -0.4 is 5.32 Å². The Hall–Kier alpha value is -1.35. The lowest BCUT2D eigenvalue weighted by molar-refractivity contribution is -0.142. The molecule has 0 radical (unpaired) electrons. The lowest BCUT2D eigenvalue weighted by Crippen LogP contribution is -2.36. The summed E-state index contributed by atoms with van der Waals surface area (Å²) in [4.78, 5) is 11.3. The van der Waals surface area contributed by atoms with Crippen LogP contribution in [0.15, 0.2) is 24.3 Å². The van der Waals surface area contributed by atoms with Gasteiger partial charge in [-0.05, 0) is 26.0 Å². The summed E-state index contributed by atoms with van der Waals surface area (Å²) in [6.07, 6.45) is 0.656. The molecule has 1 N–H and O–H groups in total. The summed E-state index contributed by atoms with van der Waals surface area (Å²) >= 11 is 0. The van der Waals surface area contributed by atoms with Crippen molar-refractivity contribution in [3.63, 3.8) is 0 Å². The summed E-state index contributed by atoms with van der Waals surface area (Å²) in [7, 11) is 3.16. The first-order valence-corrected chi connectivity index (χ1v) is 4.98. The van der Waals surface area contributed by atoms with Crippen LogP contribution in [0.4, 0.5) is 0 Å². The molecule has 0 fully saturated rings. The van der Waals surface area contributed by atoms with Crippen molar-refractivity contribution < 1.29 is 9.53 Å². The van der Waals surface area contributed by atoms with Gasteiger partial charge in [0.2, 0.25) is 0 Å². The maximum Gasteiger partial charge on any atom is 0.323 e. The van der Waals surface area contributed by atoms with Crippen molar-refractivity contribution >= 4 is 5.97 Å². The number of likely N-dealkylation sites (N-methyl/N-ethyl adjacent to an activating group) is 1. The summed E-state index contributed by atoms with van der Waals surface area (Å²) in [5.74, 6) is -0.224. The molecule has 82 valence electrons. The Kier molecular flexibility index (Phi) is 4.31. The van der Waals surface area contributed by atoms with E-state index in [4.69, 9.17) is 4.74 Å². The molecule has 0 aliphatic heterocycles. The number of nitrogens with one attached hydrogen (secondary N) is 1. The van der Waals surface area contributed by atoms with Crippen LogP contribution in [0, 0.1) is 6.92 Å². The van der Waals surface area contributed by atoms with Gasteiger partial charge >= 0.3 is 5.97 Å². The minimum absolute atomic E-state index is 0.224. The second kappa shape index (κ2) is 5.51. The van der Waals surface area contributed by atoms with Crippen molar-refractivity contribution in [1.29, 1.82) is 0 Å². The van der Waals surface area contributed by atoms with E-state index in [1.165, 1.54) is 12.7 Å². The fourth-order valence-electron chi connectivity index (χ4n) is 1.41. The Morgan fingerprint density at radius 1 is 1.40 bits per heavy atom. The molecule has 1 aromatic carbocycles. The second-order valence-corrected chi connectivity index (χ2v) is 3.55. The van der Waals surface area contributed by atoms with Crippen molar-refractivity contribution in [3.8, 4) is 0 Å². The van der Waals surface area contributed by atoms with Crippen LogP contribution in [0.5, 0.6) is 0 Å². The van der Waals surface area contributed by atoms with Gasteiger partial charge in [-0.1, -0.05) is 29.8 Å². The van der Waals surface area contributed by atoms with Gasteiger partial charge in [0.05, 0.1) is 7.11 Å². The first-order chi connectivity index (χ1) is 7.17.